The van der Waals surface area contributed by atoms with Gasteiger partial charge in [0, 0.05) is 0 Å². The molecule has 1 unspecified atom stereocenters. The van der Waals surface area contributed by atoms with Crippen LogP contribution < -0.4 is 0 Å². The summed E-state index contributed by atoms with van der Waals surface area (Å²) >= 11 is 0. The highest BCUT2D eigenvalue weighted by Gasteiger charge is 2.01. The van der Waals surface area contributed by atoms with Gasteiger partial charge in [-0.3, -0.25) is 4.18 Å². The van der Waals surface area contributed by atoms with Crippen molar-refractivity contribution in [1.29, 1.82) is 0 Å². The van der Waals surface area contributed by atoms with E-state index in [0.29, 0.717) is 0 Å². The Hall–Kier alpha value is -0.170. The summed E-state index contributed by atoms with van der Waals surface area (Å²) in [5.41, 5.74) is 0. The molecule has 0 aromatic rings. The predicted molar refractivity (Wildman–Crippen MR) is 36.9 cm³/mol. The van der Waals surface area contributed by atoms with Crippen molar-refractivity contribution in [2.75, 3.05) is 19.5 Å². The number of rotatable bonds is 5. The van der Waals surface area contributed by atoms with Crippen molar-refractivity contribution in [1.82, 2.24) is 0 Å². The van der Waals surface area contributed by atoms with Gasteiger partial charge in [0.15, 0.2) is 6.29 Å². The minimum Gasteiger partial charge on any atom is -0.347 e. The van der Waals surface area contributed by atoms with Gasteiger partial charge in [0.1, 0.15) is 0 Å². The van der Waals surface area contributed by atoms with E-state index in [4.69, 9.17) is 0 Å². The van der Waals surface area contributed by atoms with Crippen LogP contribution in [0.3, 0.4) is 0 Å². The average Bonchev–Trinajstić information content (AvgIpc) is 1.78. The molecule has 0 aliphatic carbocycles. The van der Waals surface area contributed by atoms with E-state index in [1.807, 2.05) is 0 Å². The normalized spacial score (nSPS) is 14.8. The van der Waals surface area contributed by atoms with Gasteiger partial charge in [0.2, 0.25) is 0 Å². The van der Waals surface area contributed by atoms with Gasteiger partial charge in [-0.15, -0.1) is 0 Å². The molecular formula is C5H11O5S. The van der Waals surface area contributed by atoms with E-state index < -0.39 is 16.4 Å². The second kappa shape index (κ2) is 4.66. The van der Waals surface area contributed by atoms with Crippen molar-refractivity contribution in [2.45, 2.75) is 13.2 Å². The van der Waals surface area contributed by atoms with E-state index >= 15 is 0 Å². The van der Waals surface area contributed by atoms with Gasteiger partial charge >= 0.3 is 0 Å². The molecule has 67 valence electrons. The minimum absolute atomic E-state index is 0.00225. The summed E-state index contributed by atoms with van der Waals surface area (Å²) in [7, 11) is -3.40. The van der Waals surface area contributed by atoms with E-state index in [1.54, 1.807) is 0 Å². The molecule has 0 spiro atoms. The summed E-state index contributed by atoms with van der Waals surface area (Å²) < 4.78 is 29.4. The Bertz CT molecular complexity index is 183. The van der Waals surface area contributed by atoms with Crippen LogP contribution in [0.15, 0.2) is 0 Å². The Labute approximate surface area is 66.1 Å². The standard InChI is InChI=1S/C5H11O5S/c1-5(6)9-3-4-10-11(2,7)8/h5H,3-4H2,1-2H3. The van der Waals surface area contributed by atoms with Crippen LogP contribution in [0.4, 0.5) is 0 Å². The quantitative estimate of drug-likeness (QED) is 0.335. The molecule has 1 atom stereocenters. The Morgan fingerprint density at radius 3 is 2.27 bits per heavy atom. The van der Waals surface area contributed by atoms with Crippen LogP contribution in [0, 0.1) is 0 Å². The van der Waals surface area contributed by atoms with E-state index in [9.17, 15) is 13.5 Å². The monoisotopic (exact) mass is 183 g/mol. The zero-order chi connectivity index (χ0) is 8.91. The Morgan fingerprint density at radius 1 is 1.36 bits per heavy atom. The Balaban J connectivity index is 3.30. The molecule has 0 aliphatic heterocycles. The number of ether oxygens (including phenoxy) is 1. The van der Waals surface area contributed by atoms with Crippen molar-refractivity contribution in [3.63, 3.8) is 0 Å². The Kier molecular flexibility index (Phi) is 4.58. The minimum atomic E-state index is -3.40. The lowest BCUT2D eigenvalue weighted by Gasteiger charge is -2.03. The molecule has 11 heavy (non-hydrogen) atoms. The summed E-state index contributed by atoms with van der Waals surface area (Å²) in [6.07, 6.45) is -0.202. The van der Waals surface area contributed by atoms with Crippen LogP contribution in [0.25, 0.3) is 0 Å². The highest BCUT2D eigenvalue weighted by Crippen LogP contribution is 1.89. The maximum atomic E-state index is 10.3. The van der Waals surface area contributed by atoms with Crippen LogP contribution >= 0.6 is 0 Å². The average molecular weight is 183 g/mol. The lowest BCUT2D eigenvalue weighted by atomic mass is 10.7. The van der Waals surface area contributed by atoms with E-state index in [-0.39, 0.29) is 13.2 Å². The Morgan fingerprint density at radius 2 is 1.91 bits per heavy atom. The molecular weight excluding hydrogens is 172 g/mol. The zero-order valence-corrected chi connectivity index (χ0v) is 7.26. The number of hydrogen-bond acceptors (Lipinski definition) is 4. The first-order valence-electron chi connectivity index (χ1n) is 3.03. The van der Waals surface area contributed by atoms with Crippen molar-refractivity contribution in [2.24, 2.45) is 0 Å². The largest absolute Gasteiger partial charge is 0.347 e. The van der Waals surface area contributed by atoms with Gasteiger partial charge in [-0.1, -0.05) is 0 Å². The van der Waals surface area contributed by atoms with Gasteiger partial charge in [-0.2, -0.15) is 8.42 Å². The third kappa shape index (κ3) is 9.83. The molecule has 1 radical (unpaired) electrons. The third-order valence-electron chi connectivity index (χ3n) is 0.733. The molecule has 0 aromatic carbocycles. The van der Waals surface area contributed by atoms with Gasteiger partial charge < -0.3 is 4.74 Å². The fourth-order valence-electron chi connectivity index (χ4n) is 0.399. The maximum absolute atomic E-state index is 10.3. The van der Waals surface area contributed by atoms with Crippen LogP contribution in [-0.4, -0.2) is 34.2 Å². The first kappa shape index (κ1) is 10.8. The second-order valence-electron chi connectivity index (χ2n) is 1.96. The first-order valence-corrected chi connectivity index (χ1v) is 4.85. The van der Waals surface area contributed by atoms with Gasteiger partial charge in [-0.05, 0) is 6.92 Å². The van der Waals surface area contributed by atoms with Crippen molar-refractivity contribution in [3.8, 4) is 0 Å². The smallest absolute Gasteiger partial charge is 0.264 e. The molecule has 0 rings (SSSR count). The van der Waals surface area contributed by atoms with Crippen LogP contribution in [0.1, 0.15) is 6.92 Å². The molecule has 0 fully saturated rings. The summed E-state index contributed by atoms with van der Waals surface area (Å²) in [5, 5.41) is 10.2. The highest BCUT2D eigenvalue weighted by atomic mass is 32.2. The van der Waals surface area contributed by atoms with Gasteiger partial charge in [0.25, 0.3) is 10.1 Å². The fraction of sp³-hybridized carbons (Fsp3) is 1.00. The van der Waals surface area contributed by atoms with Gasteiger partial charge in [0.05, 0.1) is 19.5 Å². The van der Waals surface area contributed by atoms with Crippen molar-refractivity contribution >= 4 is 10.1 Å². The fourth-order valence-corrected chi connectivity index (χ4v) is 0.770. The van der Waals surface area contributed by atoms with E-state index in [1.165, 1.54) is 6.92 Å². The van der Waals surface area contributed by atoms with E-state index in [0.717, 1.165) is 6.26 Å². The second-order valence-corrected chi connectivity index (χ2v) is 3.61. The molecule has 0 aliphatic rings. The van der Waals surface area contributed by atoms with Crippen molar-refractivity contribution in [3.05, 3.63) is 0 Å². The summed E-state index contributed by atoms with van der Waals surface area (Å²) in [6, 6.07) is 0. The van der Waals surface area contributed by atoms with Gasteiger partial charge in [-0.25, -0.2) is 5.11 Å². The van der Waals surface area contributed by atoms with Crippen LogP contribution in [0.2, 0.25) is 0 Å². The molecule has 6 heteroatoms. The summed E-state index contributed by atoms with van der Waals surface area (Å²) in [6.45, 7) is 1.21. The molecule has 0 N–H and O–H groups in total. The van der Waals surface area contributed by atoms with Crippen LogP contribution in [-0.2, 0) is 24.1 Å². The lowest BCUT2D eigenvalue weighted by Crippen LogP contribution is -2.13. The molecule has 0 saturated heterocycles. The molecule has 0 heterocycles. The first-order chi connectivity index (χ1) is 4.92. The number of hydrogen-bond donors (Lipinski definition) is 0. The predicted octanol–water partition coefficient (Wildman–Crippen LogP) is -0.244. The van der Waals surface area contributed by atoms with Crippen molar-refractivity contribution < 1.29 is 22.4 Å². The molecule has 0 bridgehead atoms. The maximum Gasteiger partial charge on any atom is 0.264 e. The molecule has 5 nitrogen and oxygen atoms in total. The zero-order valence-electron chi connectivity index (χ0n) is 6.44. The topological polar surface area (TPSA) is 72.5 Å². The molecule has 0 aromatic heterocycles. The van der Waals surface area contributed by atoms with E-state index in [2.05, 4.69) is 8.92 Å². The third-order valence-corrected chi connectivity index (χ3v) is 1.33. The van der Waals surface area contributed by atoms with Crippen LogP contribution in [0.5, 0.6) is 0 Å². The summed E-state index contributed by atoms with van der Waals surface area (Å²) in [4.78, 5) is 0. The molecule has 0 saturated carbocycles. The summed E-state index contributed by atoms with van der Waals surface area (Å²) in [5.74, 6) is 0. The molecule has 0 amide bonds. The highest BCUT2D eigenvalue weighted by molar-refractivity contribution is 7.85. The lowest BCUT2D eigenvalue weighted by molar-refractivity contribution is -0.130. The SMILES string of the molecule is CC([O])OCCOS(C)(=O)=O.